The quantitative estimate of drug-likeness (QED) is 0.791. The molecule has 1 aromatic rings. The van der Waals surface area contributed by atoms with E-state index in [0.29, 0.717) is 15.8 Å². The van der Waals surface area contributed by atoms with Crippen molar-refractivity contribution in [1.82, 2.24) is 0 Å². The minimum absolute atomic E-state index is 0.0463. The van der Waals surface area contributed by atoms with Gasteiger partial charge in [-0.15, -0.1) is 0 Å². The van der Waals surface area contributed by atoms with E-state index in [9.17, 15) is 9.18 Å². The van der Waals surface area contributed by atoms with Crippen molar-refractivity contribution in [3.8, 4) is 5.75 Å². The first-order valence-electron chi connectivity index (χ1n) is 4.98. The number of ether oxygens (including phenoxy) is 1. The van der Waals surface area contributed by atoms with Crippen molar-refractivity contribution in [3.05, 3.63) is 28.2 Å². The molecule has 1 rings (SSSR count). The molecule has 0 amide bonds. The molecule has 1 atom stereocenters. The Morgan fingerprint density at radius 1 is 1.50 bits per heavy atom. The molecule has 88 valence electrons. The second-order valence-electron chi connectivity index (χ2n) is 4.01. The first-order chi connectivity index (χ1) is 7.36. The van der Waals surface area contributed by atoms with Crippen LogP contribution in [-0.2, 0) is 10.5 Å². The normalized spacial score (nSPS) is 14.6. The van der Waals surface area contributed by atoms with Crippen LogP contribution in [0.4, 0.5) is 4.39 Å². The van der Waals surface area contributed by atoms with Gasteiger partial charge in [0, 0.05) is 0 Å². The molecule has 4 heteroatoms. The topological polar surface area (TPSA) is 26.3 Å². The number of hydrogen-bond donors (Lipinski definition) is 0. The van der Waals surface area contributed by atoms with Crippen LogP contribution in [0.3, 0.4) is 0 Å². The van der Waals surface area contributed by atoms with Crippen LogP contribution < -0.4 is 4.74 Å². The fraction of sp³-hybridized carbons (Fsp3) is 0.417. The monoisotopic (exact) mass is 288 g/mol. The molecule has 0 saturated heterocycles. The smallest absolute Gasteiger partial charge is 0.188 e. The molecule has 1 aromatic carbocycles. The summed E-state index contributed by atoms with van der Waals surface area (Å²) >= 11 is 3.29. The van der Waals surface area contributed by atoms with Crippen molar-refractivity contribution in [2.24, 2.45) is 0 Å². The number of halogens is 2. The minimum Gasteiger partial charge on any atom is -0.490 e. The van der Waals surface area contributed by atoms with Gasteiger partial charge >= 0.3 is 0 Å². The predicted molar refractivity (Wildman–Crippen MR) is 64.4 cm³/mol. The molecule has 0 N–H and O–H groups in total. The Morgan fingerprint density at radius 2 is 2.12 bits per heavy atom. The van der Waals surface area contributed by atoms with Crippen molar-refractivity contribution in [3.63, 3.8) is 0 Å². The van der Waals surface area contributed by atoms with Gasteiger partial charge < -0.3 is 4.74 Å². The lowest BCUT2D eigenvalue weighted by molar-refractivity contribution is -0.117. The number of benzene rings is 1. The van der Waals surface area contributed by atoms with Gasteiger partial charge in [0.25, 0.3) is 0 Å². The first-order valence-corrected chi connectivity index (χ1v) is 5.78. The lowest BCUT2D eigenvalue weighted by atomic mass is 10.00. The molecule has 0 spiro atoms. The molecule has 0 saturated carbocycles. The zero-order valence-electron chi connectivity index (χ0n) is 9.46. The van der Waals surface area contributed by atoms with E-state index in [1.807, 2.05) is 13.8 Å². The second kappa shape index (κ2) is 4.95. The maximum absolute atomic E-state index is 13.7. The van der Waals surface area contributed by atoms with Crippen LogP contribution in [0, 0.1) is 0 Å². The fourth-order valence-corrected chi connectivity index (χ4v) is 1.69. The SMILES string of the molecule is CC(C)Oc1ccc(C(C)(F)C=O)cc1Br. The average Bonchev–Trinajstić information content (AvgIpc) is 2.20. The summed E-state index contributed by atoms with van der Waals surface area (Å²) in [6, 6.07) is 4.77. The van der Waals surface area contributed by atoms with Crippen LogP contribution in [0.15, 0.2) is 22.7 Å². The number of carbonyl (C=O) groups excluding carboxylic acids is 1. The maximum atomic E-state index is 13.7. The Hall–Kier alpha value is -0.900. The summed E-state index contributed by atoms with van der Waals surface area (Å²) in [4.78, 5) is 10.6. The van der Waals surface area contributed by atoms with E-state index in [2.05, 4.69) is 15.9 Å². The summed E-state index contributed by atoms with van der Waals surface area (Å²) in [6.07, 6.45) is 0.336. The summed E-state index contributed by atoms with van der Waals surface area (Å²) in [5.41, 5.74) is -1.65. The van der Waals surface area contributed by atoms with Gasteiger partial charge in [-0.2, -0.15) is 0 Å². The standard InChI is InChI=1S/C12H14BrFO2/c1-8(2)16-11-5-4-9(6-10(11)13)12(3,14)7-15/h4-8H,1-3H3. The molecule has 16 heavy (non-hydrogen) atoms. The summed E-state index contributed by atoms with van der Waals surface area (Å²) in [5, 5.41) is 0. The van der Waals surface area contributed by atoms with E-state index in [0.717, 1.165) is 0 Å². The van der Waals surface area contributed by atoms with E-state index in [4.69, 9.17) is 4.74 Å². The zero-order valence-corrected chi connectivity index (χ0v) is 11.0. The summed E-state index contributed by atoms with van der Waals surface area (Å²) in [7, 11) is 0. The lowest BCUT2D eigenvalue weighted by Gasteiger charge is -2.16. The van der Waals surface area contributed by atoms with Crippen molar-refractivity contribution < 1.29 is 13.9 Å². The molecule has 2 nitrogen and oxygen atoms in total. The van der Waals surface area contributed by atoms with Crippen molar-refractivity contribution in [2.75, 3.05) is 0 Å². The van der Waals surface area contributed by atoms with E-state index < -0.39 is 5.67 Å². The minimum atomic E-state index is -1.96. The molecule has 0 heterocycles. The Bertz CT molecular complexity index is 389. The zero-order chi connectivity index (χ0) is 12.3. The number of alkyl halides is 1. The van der Waals surface area contributed by atoms with Gasteiger partial charge in [-0.05, 0) is 54.4 Å². The molecule has 1 unspecified atom stereocenters. The second-order valence-corrected chi connectivity index (χ2v) is 4.86. The summed E-state index contributed by atoms with van der Waals surface area (Å²) in [5.74, 6) is 0.639. The van der Waals surface area contributed by atoms with Crippen LogP contribution in [-0.4, -0.2) is 12.4 Å². The highest BCUT2D eigenvalue weighted by Crippen LogP contribution is 2.32. The first kappa shape index (κ1) is 13.2. The molecule has 0 bridgehead atoms. The van der Waals surface area contributed by atoms with Crippen LogP contribution in [0.5, 0.6) is 5.75 Å². The Balaban J connectivity index is 3.04. The highest BCUT2D eigenvalue weighted by molar-refractivity contribution is 9.10. The molecule has 0 aliphatic rings. The third-order valence-electron chi connectivity index (χ3n) is 2.08. The highest BCUT2D eigenvalue weighted by Gasteiger charge is 2.25. The predicted octanol–water partition coefficient (Wildman–Crippen LogP) is 3.62. The number of carbonyl (C=O) groups is 1. The molecule has 0 aromatic heterocycles. The molecule has 0 radical (unpaired) electrons. The van der Waals surface area contributed by atoms with Gasteiger partial charge in [0.1, 0.15) is 5.75 Å². The van der Waals surface area contributed by atoms with Crippen molar-refractivity contribution >= 4 is 22.2 Å². The highest BCUT2D eigenvalue weighted by atomic mass is 79.9. The van der Waals surface area contributed by atoms with E-state index >= 15 is 0 Å². The van der Waals surface area contributed by atoms with Gasteiger partial charge in [0.2, 0.25) is 0 Å². The van der Waals surface area contributed by atoms with Gasteiger partial charge in [-0.3, -0.25) is 4.79 Å². The summed E-state index contributed by atoms with van der Waals surface area (Å²) in [6.45, 7) is 5.04. The fourth-order valence-electron chi connectivity index (χ4n) is 1.22. The average molecular weight is 289 g/mol. The number of hydrogen-bond acceptors (Lipinski definition) is 2. The molecular weight excluding hydrogens is 275 g/mol. The van der Waals surface area contributed by atoms with E-state index in [1.165, 1.54) is 6.92 Å². The molecule has 0 aliphatic carbocycles. The summed E-state index contributed by atoms with van der Waals surface area (Å²) < 4.78 is 19.8. The maximum Gasteiger partial charge on any atom is 0.188 e. The molecule has 0 fully saturated rings. The van der Waals surface area contributed by atoms with Gasteiger partial charge in [0.15, 0.2) is 12.0 Å². The Morgan fingerprint density at radius 3 is 2.56 bits per heavy atom. The molecular formula is C12H14BrFO2. The van der Waals surface area contributed by atoms with Crippen LogP contribution >= 0.6 is 15.9 Å². The van der Waals surface area contributed by atoms with Crippen LogP contribution in [0.2, 0.25) is 0 Å². The van der Waals surface area contributed by atoms with Crippen LogP contribution in [0.25, 0.3) is 0 Å². The van der Waals surface area contributed by atoms with E-state index in [-0.39, 0.29) is 12.4 Å². The van der Waals surface area contributed by atoms with Gasteiger partial charge in [0.05, 0.1) is 10.6 Å². The third kappa shape index (κ3) is 3.04. The largest absolute Gasteiger partial charge is 0.490 e. The Kier molecular flexibility index (Phi) is 4.08. The van der Waals surface area contributed by atoms with Gasteiger partial charge in [-0.25, -0.2) is 4.39 Å². The molecule has 0 aliphatic heterocycles. The van der Waals surface area contributed by atoms with E-state index in [1.54, 1.807) is 18.2 Å². The van der Waals surface area contributed by atoms with Crippen LogP contribution in [0.1, 0.15) is 26.3 Å². The third-order valence-corrected chi connectivity index (χ3v) is 2.70. The number of aldehydes is 1. The number of rotatable bonds is 4. The van der Waals surface area contributed by atoms with Gasteiger partial charge in [-0.1, -0.05) is 6.07 Å². The lowest BCUT2D eigenvalue weighted by Crippen LogP contribution is -2.16. The Labute approximate surface area is 103 Å². The van der Waals surface area contributed by atoms with Crippen molar-refractivity contribution in [2.45, 2.75) is 32.5 Å². The van der Waals surface area contributed by atoms with Crippen molar-refractivity contribution in [1.29, 1.82) is 0 Å².